The third-order valence-corrected chi connectivity index (χ3v) is 3.27. The minimum absolute atomic E-state index is 0.220. The number of carbonyl (C=O) groups is 2. The molecule has 2 aliphatic heterocycles. The Morgan fingerprint density at radius 3 is 2.73 bits per heavy atom. The Labute approximate surface area is 129 Å². The second kappa shape index (κ2) is 6.62. The molecule has 0 bridgehead atoms. The summed E-state index contributed by atoms with van der Waals surface area (Å²) in [6.45, 7) is 7.65. The first-order chi connectivity index (χ1) is 10.3. The lowest BCUT2D eigenvalue weighted by atomic mass is 10.3. The SMILES string of the molecule is CCCC1=NN(C(C)=O)C(C(=O)NCC2COC(C)(C)O2)O1. The lowest BCUT2D eigenvalue weighted by Gasteiger charge is -2.20. The van der Waals surface area contributed by atoms with E-state index in [-0.39, 0.29) is 18.6 Å². The third kappa shape index (κ3) is 3.95. The highest BCUT2D eigenvalue weighted by molar-refractivity contribution is 5.91. The number of hydrazone groups is 1. The smallest absolute Gasteiger partial charge is 0.284 e. The van der Waals surface area contributed by atoms with Crippen molar-refractivity contribution in [1.82, 2.24) is 10.3 Å². The Hall–Kier alpha value is -1.67. The van der Waals surface area contributed by atoms with E-state index >= 15 is 0 Å². The normalized spacial score (nSPS) is 26.5. The highest BCUT2D eigenvalue weighted by Crippen LogP contribution is 2.22. The monoisotopic (exact) mass is 313 g/mol. The van der Waals surface area contributed by atoms with E-state index < -0.39 is 17.9 Å². The Balaban J connectivity index is 1.88. The maximum atomic E-state index is 12.2. The lowest BCUT2D eigenvalue weighted by molar-refractivity contribution is -0.148. The fourth-order valence-electron chi connectivity index (χ4n) is 2.26. The van der Waals surface area contributed by atoms with Gasteiger partial charge in [-0.1, -0.05) is 6.92 Å². The number of hydrogen-bond acceptors (Lipinski definition) is 6. The predicted octanol–water partition coefficient (Wildman–Crippen LogP) is 0.572. The zero-order valence-corrected chi connectivity index (χ0v) is 13.4. The summed E-state index contributed by atoms with van der Waals surface area (Å²) in [6, 6.07) is 0. The van der Waals surface area contributed by atoms with E-state index in [1.165, 1.54) is 6.92 Å². The highest BCUT2D eigenvalue weighted by Gasteiger charge is 2.38. The molecule has 2 amide bonds. The van der Waals surface area contributed by atoms with Gasteiger partial charge in [0.15, 0.2) is 5.79 Å². The Bertz CT molecular complexity index is 477. The van der Waals surface area contributed by atoms with Gasteiger partial charge in [0.1, 0.15) is 6.10 Å². The van der Waals surface area contributed by atoms with Gasteiger partial charge in [-0.2, -0.15) is 5.01 Å². The van der Waals surface area contributed by atoms with Crippen molar-refractivity contribution in [2.75, 3.05) is 13.2 Å². The Kier molecular flexibility index (Phi) is 5.02. The van der Waals surface area contributed by atoms with Crippen molar-refractivity contribution in [3.05, 3.63) is 0 Å². The zero-order chi connectivity index (χ0) is 16.3. The van der Waals surface area contributed by atoms with E-state index in [2.05, 4.69) is 10.4 Å². The molecular formula is C14H23N3O5. The molecular weight excluding hydrogens is 290 g/mol. The van der Waals surface area contributed by atoms with Crippen molar-refractivity contribution in [3.63, 3.8) is 0 Å². The number of rotatable bonds is 5. The van der Waals surface area contributed by atoms with Crippen LogP contribution in [-0.4, -0.2) is 54.0 Å². The quantitative estimate of drug-likeness (QED) is 0.801. The molecule has 2 atom stereocenters. The van der Waals surface area contributed by atoms with Crippen LogP contribution in [0.25, 0.3) is 0 Å². The Morgan fingerprint density at radius 1 is 1.45 bits per heavy atom. The van der Waals surface area contributed by atoms with E-state index in [0.29, 0.717) is 18.9 Å². The summed E-state index contributed by atoms with van der Waals surface area (Å²) in [5, 5.41) is 7.83. The molecule has 0 aromatic heterocycles. The van der Waals surface area contributed by atoms with Crippen LogP contribution in [0.2, 0.25) is 0 Å². The summed E-state index contributed by atoms with van der Waals surface area (Å²) in [6.07, 6.45) is 0.138. The van der Waals surface area contributed by atoms with Gasteiger partial charge in [0.2, 0.25) is 11.8 Å². The van der Waals surface area contributed by atoms with Crippen LogP contribution in [0.4, 0.5) is 0 Å². The number of hydrogen-bond donors (Lipinski definition) is 1. The molecule has 8 heteroatoms. The van der Waals surface area contributed by atoms with Gasteiger partial charge in [0.25, 0.3) is 12.1 Å². The molecule has 0 aromatic carbocycles. The second-order valence-corrected chi connectivity index (χ2v) is 5.77. The highest BCUT2D eigenvalue weighted by atomic mass is 16.7. The lowest BCUT2D eigenvalue weighted by Crippen LogP contribution is -2.47. The van der Waals surface area contributed by atoms with Crippen LogP contribution in [0.5, 0.6) is 0 Å². The average Bonchev–Trinajstić information content (AvgIpc) is 3.00. The third-order valence-electron chi connectivity index (χ3n) is 3.27. The van der Waals surface area contributed by atoms with Crippen LogP contribution in [0, 0.1) is 0 Å². The standard InChI is InChI=1S/C14H23N3O5/c1-5-6-11-16-17(9(2)18)13(21-11)12(19)15-7-10-8-20-14(3,4)22-10/h10,13H,5-8H2,1-4H3,(H,15,19). The minimum Gasteiger partial charge on any atom is -0.444 e. The van der Waals surface area contributed by atoms with Gasteiger partial charge in [-0.05, 0) is 20.3 Å². The molecule has 1 saturated heterocycles. The first-order valence-electron chi connectivity index (χ1n) is 7.46. The fraction of sp³-hybridized carbons (Fsp3) is 0.786. The van der Waals surface area contributed by atoms with Crippen LogP contribution >= 0.6 is 0 Å². The molecule has 0 spiro atoms. The van der Waals surface area contributed by atoms with Crippen LogP contribution in [0.3, 0.4) is 0 Å². The van der Waals surface area contributed by atoms with E-state index in [1.807, 2.05) is 20.8 Å². The summed E-state index contributed by atoms with van der Waals surface area (Å²) in [5.41, 5.74) is 0. The minimum atomic E-state index is -1.05. The molecule has 0 aliphatic carbocycles. The largest absolute Gasteiger partial charge is 0.444 e. The zero-order valence-electron chi connectivity index (χ0n) is 13.4. The molecule has 2 unspecified atom stereocenters. The maximum absolute atomic E-state index is 12.2. The van der Waals surface area contributed by atoms with E-state index in [9.17, 15) is 9.59 Å². The second-order valence-electron chi connectivity index (χ2n) is 5.77. The van der Waals surface area contributed by atoms with Crippen molar-refractivity contribution in [3.8, 4) is 0 Å². The van der Waals surface area contributed by atoms with Crippen molar-refractivity contribution in [1.29, 1.82) is 0 Å². The molecule has 2 aliphatic rings. The summed E-state index contributed by atoms with van der Waals surface area (Å²) in [5.74, 6) is -0.993. The van der Waals surface area contributed by atoms with Crippen LogP contribution in [0.15, 0.2) is 5.10 Å². The summed E-state index contributed by atoms with van der Waals surface area (Å²) >= 11 is 0. The van der Waals surface area contributed by atoms with Crippen LogP contribution < -0.4 is 5.32 Å². The van der Waals surface area contributed by atoms with Gasteiger partial charge in [-0.25, -0.2) is 0 Å². The van der Waals surface area contributed by atoms with Gasteiger partial charge in [-0.3, -0.25) is 9.59 Å². The molecule has 1 fully saturated rings. The van der Waals surface area contributed by atoms with Crippen molar-refractivity contribution < 1.29 is 23.8 Å². The molecule has 1 N–H and O–H groups in total. The average molecular weight is 313 g/mol. The van der Waals surface area contributed by atoms with E-state index in [0.717, 1.165) is 11.4 Å². The van der Waals surface area contributed by atoms with Gasteiger partial charge in [0, 0.05) is 19.9 Å². The fourth-order valence-corrected chi connectivity index (χ4v) is 2.26. The topological polar surface area (TPSA) is 89.5 Å². The molecule has 2 heterocycles. The number of nitrogens with zero attached hydrogens (tertiary/aromatic N) is 2. The number of amides is 2. The number of nitrogens with one attached hydrogen (secondary N) is 1. The summed E-state index contributed by atoms with van der Waals surface area (Å²) in [4.78, 5) is 23.8. The van der Waals surface area contributed by atoms with Crippen molar-refractivity contribution >= 4 is 17.7 Å². The first-order valence-corrected chi connectivity index (χ1v) is 7.46. The molecule has 0 saturated carbocycles. The van der Waals surface area contributed by atoms with Crippen LogP contribution in [-0.2, 0) is 23.8 Å². The molecule has 0 radical (unpaired) electrons. The predicted molar refractivity (Wildman–Crippen MR) is 77.6 cm³/mol. The van der Waals surface area contributed by atoms with Crippen molar-refractivity contribution in [2.45, 2.75) is 58.7 Å². The van der Waals surface area contributed by atoms with Gasteiger partial charge in [-0.15, -0.1) is 5.10 Å². The molecule has 2 rings (SSSR count). The Morgan fingerprint density at radius 2 is 2.18 bits per heavy atom. The maximum Gasteiger partial charge on any atom is 0.284 e. The summed E-state index contributed by atoms with van der Waals surface area (Å²) in [7, 11) is 0. The van der Waals surface area contributed by atoms with Crippen molar-refractivity contribution in [2.24, 2.45) is 5.10 Å². The van der Waals surface area contributed by atoms with Gasteiger partial charge < -0.3 is 19.5 Å². The molecule has 0 aromatic rings. The molecule has 22 heavy (non-hydrogen) atoms. The number of carbonyl (C=O) groups excluding carboxylic acids is 2. The molecule has 124 valence electrons. The summed E-state index contributed by atoms with van der Waals surface area (Å²) < 4.78 is 16.5. The van der Waals surface area contributed by atoms with Gasteiger partial charge in [0.05, 0.1) is 6.61 Å². The van der Waals surface area contributed by atoms with E-state index in [4.69, 9.17) is 14.2 Å². The first kappa shape index (κ1) is 16.7. The number of ether oxygens (including phenoxy) is 3. The molecule has 8 nitrogen and oxygen atoms in total. The van der Waals surface area contributed by atoms with Crippen LogP contribution in [0.1, 0.15) is 40.5 Å². The van der Waals surface area contributed by atoms with Gasteiger partial charge >= 0.3 is 0 Å². The van der Waals surface area contributed by atoms with E-state index in [1.54, 1.807) is 0 Å².